The van der Waals surface area contributed by atoms with E-state index in [0.717, 1.165) is 5.56 Å². The number of nitrogens with zero attached hydrogens (tertiary/aromatic N) is 2. The molecule has 0 atom stereocenters. The van der Waals surface area contributed by atoms with Crippen LogP contribution in [0.15, 0.2) is 18.2 Å². The first kappa shape index (κ1) is 17.2. The van der Waals surface area contributed by atoms with E-state index in [1.807, 2.05) is 6.92 Å². The SMILES string of the molecule is COc1ccc(C)cc1C(=O)CCC(=O)c1c(O)nc(O)nc1O. The summed E-state index contributed by atoms with van der Waals surface area (Å²) in [4.78, 5) is 30.8. The zero-order chi connectivity index (χ0) is 17.9. The van der Waals surface area contributed by atoms with Crippen molar-refractivity contribution in [2.24, 2.45) is 0 Å². The number of benzene rings is 1. The van der Waals surface area contributed by atoms with Crippen LogP contribution in [0.3, 0.4) is 0 Å². The lowest BCUT2D eigenvalue weighted by molar-refractivity contribution is 0.0911. The fraction of sp³-hybridized carbons (Fsp3) is 0.250. The number of carbonyl (C=O) groups is 2. The molecule has 8 nitrogen and oxygen atoms in total. The molecule has 0 amide bonds. The zero-order valence-corrected chi connectivity index (χ0v) is 13.1. The number of aryl methyl sites for hydroxylation is 1. The van der Waals surface area contributed by atoms with E-state index in [0.29, 0.717) is 11.3 Å². The molecule has 1 aromatic carbocycles. The average Bonchev–Trinajstić information content (AvgIpc) is 2.51. The number of aromatic nitrogens is 2. The summed E-state index contributed by atoms with van der Waals surface area (Å²) in [5, 5.41) is 28.1. The molecular formula is C16H16N2O6. The molecule has 0 saturated heterocycles. The Hall–Kier alpha value is -3.16. The number of Topliss-reactive ketones (excluding diaryl/α,β-unsaturated/α-hetero) is 2. The van der Waals surface area contributed by atoms with E-state index < -0.39 is 29.1 Å². The molecule has 2 aromatic rings. The molecule has 1 heterocycles. The van der Waals surface area contributed by atoms with Gasteiger partial charge in [-0.1, -0.05) is 11.6 Å². The van der Waals surface area contributed by atoms with E-state index in [-0.39, 0.29) is 18.6 Å². The van der Waals surface area contributed by atoms with E-state index in [9.17, 15) is 19.8 Å². The van der Waals surface area contributed by atoms with Crippen molar-refractivity contribution >= 4 is 11.6 Å². The van der Waals surface area contributed by atoms with Crippen LogP contribution in [0.5, 0.6) is 23.5 Å². The normalized spacial score (nSPS) is 10.4. The Morgan fingerprint density at radius 3 is 2.21 bits per heavy atom. The van der Waals surface area contributed by atoms with Crippen LogP contribution in [0.1, 0.15) is 39.1 Å². The first-order chi connectivity index (χ1) is 11.3. The molecule has 0 unspecified atom stereocenters. The molecule has 0 fully saturated rings. The van der Waals surface area contributed by atoms with Gasteiger partial charge in [0, 0.05) is 12.8 Å². The third kappa shape index (κ3) is 3.60. The third-order valence-electron chi connectivity index (χ3n) is 3.37. The first-order valence-electron chi connectivity index (χ1n) is 7.03. The molecule has 0 bridgehead atoms. The summed E-state index contributed by atoms with van der Waals surface area (Å²) in [6.45, 7) is 1.82. The molecule has 0 spiro atoms. The lowest BCUT2D eigenvalue weighted by atomic mass is 10.0. The number of hydrogen-bond donors (Lipinski definition) is 3. The second-order valence-corrected chi connectivity index (χ2v) is 5.10. The topological polar surface area (TPSA) is 130 Å². The largest absolute Gasteiger partial charge is 0.496 e. The number of carbonyl (C=O) groups excluding carboxylic acids is 2. The van der Waals surface area contributed by atoms with Crippen molar-refractivity contribution in [1.82, 2.24) is 9.97 Å². The molecule has 0 saturated carbocycles. The fourth-order valence-electron chi connectivity index (χ4n) is 2.20. The first-order valence-corrected chi connectivity index (χ1v) is 7.03. The van der Waals surface area contributed by atoms with E-state index in [1.54, 1.807) is 18.2 Å². The summed E-state index contributed by atoms with van der Waals surface area (Å²) in [7, 11) is 1.44. The minimum Gasteiger partial charge on any atom is -0.496 e. The number of methoxy groups -OCH3 is 1. The van der Waals surface area contributed by atoms with Crippen molar-refractivity contribution in [2.75, 3.05) is 7.11 Å². The molecule has 1 aromatic heterocycles. The molecule has 0 aliphatic heterocycles. The van der Waals surface area contributed by atoms with Crippen LogP contribution in [0.4, 0.5) is 0 Å². The Bertz CT molecular complexity index is 780. The highest BCUT2D eigenvalue weighted by Crippen LogP contribution is 2.27. The Morgan fingerprint density at radius 1 is 1.04 bits per heavy atom. The average molecular weight is 332 g/mol. The Balaban J connectivity index is 2.15. The van der Waals surface area contributed by atoms with Gasteiger partial charge in [0.15, 0.2) is 11.6 Å². The van der Waals surface area contributed by atoms with Gasteiger partial charge in [0.1, 0.15) is 11.3 Å². The van der Waals surface area contributed by atoms with Gasteiger partial charge in [-0.25, -0.2) is 0 Å². The molecular weight excluding hydrogens is 316 g/mol. The number of rotatable bonds is 6. The second kappa shape index (κ2) is 6.95. The monoisotopic (exact) mass is 332 g/mol. The van der Waals surface area contributed by atoms with Gasteiger partial charge in [-0.3, -0.25) is 9.59 Å². The summed E-state index contributed by atoms with van der Waals surface area (Å²) in [6, 6.07) is 4.26. The number of hydrogen-bond acceptors (Lipinski definition) is 8. The van der Waals surface area contributed by atoms with Gasteiger partial charge in [-0.2, -0.15) is 9.97 Å². The van der Waals surface area contributed by atoms with Crippen molar-refractivity contribution in [2.45, 2.75) is 19.8 Å². The summed E-state index contributed by atoms with van der Waals surface area (Å²) >= 11 is 0. The van der Waals surface area contributed by atoms with E-state index in [2.05, 4.69) is 9.97 Å². The maximum absolute atomic E-state index is 12.3. The van der Waals surface area contributed by atoms with Crippen LogP contribution in [-0.4, -0.2) is 44.0 Å². The zero-order valence-electron chi connectivity index (χ0n) is 13.1. The molecule has 24 heavy (non-hydrogen) atoms. The maximum atomic E-state index is 12.3. The standard InChI is InChI=1S/C16H16N2O6/c1-8-3-6-12(24-2)9(7-8)10(19)4-5-11(20)13-14(21)17-16(23)18-15(13)22/h3,6-7H,4-5H2,1-2H3,(H3,17,18,21,22,23). The number of ketones is 2. The van der Waals surface area contributed by atoms with Crippen LogP contribution in [0.2, 0.25) is 0 Å². The van der Waals surface area contributed by atoms with E-state index in [4.69, 9.17) is 9.84 Å². The van der Waals surface area contributed by atoms with Crippen molar-refractivity contribution in [3.63, 3.8) is 0 Å². The van der Waals surface area contributed by atoms with Gasteiger partial charge < -0.3 is 20.1 Å². The highest BCUT2D eigenvalue weighted by molar-refractivity contribution is 6.05. The van der Waals surface area contributed by atoms with Crippen molar-refractivity contribution in [3.05, 3.63) is 34.9 Å². The molecule has 126 valence electrons. The molecule has 0 aliphatic rings. The van der Waals surface area contributed by atoms with Gasteiger partial charge in [-0.05, 0) is 19.1 Å². The predicted molar refractivity (Wildman–Crippen MR) is 82.7 cm³/mol. The summed E-state index contributed by atoms with van der Waals surface area (Å²) in [5.41, 5.74) is 0.685. The maximum Gasteiger partial charge on any atom is 0.320 e. The van der Waals surface area contributed by atoms with Crippen LogP contribution < -0.4 is 4.74 Å². The van der Waals surface area contributed by atoms with Crippen LogP contribution >= 0.6 is 0 Å². The summed E-state index contributed by atoms with van der Waals surface area (Å²) in [6.07, 6.45) is -0.427. The second-order valence-electron chi connectivity index (χ2n) is 5.10. The van der Waals surface area contributed by atoms with Crippen molar-refractivity contribution < 1.29 is 29.6 Å². The van der Waals surface area contributed by atoms with Crippen molar-refractivity contribution in [1.29, 1.82) is 0 Å². The van der Waals surface area contributed by atoms with E-state index >= 15 is 0 Å². The minimum absolute atomic E-state index is 0.154. The molecule has 8 heteroatoms. The molecule has 3 N–H and O–H groups in total. The quantitative estimate of drug-likeness (QED) is 0.682. The third-order valence-corrected chi connectivity index (χ3v) is 3.37. The van der Waals surface area contributed by atoms with Crippen LogP contribution in [0.25, 0.3) is 0 Å². The lowest BCUT2D eigenvalue weighted by Crippen LogP contribution is -2.08. The highest BCUT2D eigenvalue weighted by Gasteiger charge is 2.22. The molecule has 0 aliphatic carbocycles. The highest BCUT2D eigenvalue weighted by atomic mass is 16.5. The van der Waals surface area contributed by atoms with Gasteiger partial charge >= 0.3 is 6.01 Å². The Labute approximate surface area is 137 Å². The smallest absolute Gasteiger partial charge is 0.320 e. The number of ether oxygens (including phenoxy) is 1. The summed E-state index contributed by atoms with van der Waals surface area (Å²) in [5.74, 6) is -2.32. The number of aromatic hydroxyl groups is 3. The van der Waals surface area contributed by atoms with Crippen LogP contribution in [0, 0.1) is 6.92 Å². The van der Waals surface area contributed by atoms with Gasteiger partial charge in [0.25, 0.3) is 0 Å². The minimum atomic E-state index is -0.859. The molecule has 2 rings (SSSR count). The lowest BCUT2D eigenvalue weighted by Gasteiger charge is -2.09. The Morgan fingerprint density at radius 2 is 1.62 bits per heavy atom. The Kier molecular flexibility index (Phi) is 4.98. The summed E-state index contributed by atoms with van der Waals surface area (Å²) < 4.78 is 5.13. The fourth-order valence-corrected chi connectivity index (χ4v) is 2.20. The molecule has 0 radical (unpaired) electrons. The van der Waals surface area contributed by atoms with Gasteiger partial charge in [0.05, 0.1) is 12.7 Å². The predicted octanol–water partition coefficient (Wildman–Crippen LogP) is 1.76. The van der Waals surface area contributed by atoms with Crippen molar-refractivity contribution in [3.8, 4) is 23.5 Å². The van der Waals surface area contributed by atoms with Gasteiger partial charge in [0.2, 0.25) is 11.8 Å². The van der Waals surface area contributed by atoms with E-state index in [1.165, 1.54) is 7.11 Å². The van der Waals surface area contributed by atoms with Crippen LogP contribution in [-0.2, 0) is 0 Å². The van der Waals surface area contributed by atoms with Gasteiger partial charge in [-0.15, -0.1) is 0 Å².